The van der Waals surface area contributed by atoms with Gasteiger partial charge in [0.2, 0.25) is 11.8 Å². The first-order chi connectivity index (χ1) is 13.9. The summed E-state index contributed by atoms with van der Waals surface area (Å²) in [5.41, 5.74) is 2.22. The van der Waals surface area contributed by atoms with Crippen LogP contribution in [0, 0.1) is 6.92 Å². The number of hydrogen-bond acceptors (Lipinski definition) is 6. The van der Waals surface area contributed by atoms with Crippen molar-refractivity contribution in [2.45, 2.75) is 26.4 Å². The zero-order valence-corrected chi connectivity index (χ0v) is 15.6. The number of carbonyl (C=O) groups excluding carboxylic acids is 3. The summed E-state index contributed by atoms with van der Waals surface area (Å²) in [6, 6.07) is 10.9. The highest BCUT2D eigenvalue weighted by molar-refractivity contribution is 6.19. The molecule has 0 bridgehead atoms. The molecule has 1 aliphatic heterocycles. The molecule has 8 heteroatoms. The Morgan fingerprint density at radius 2 is 1.72 bits per heavy atom. The van der Waals surface area contributed by atoms with Gasteiger partial charge in [-0.25, -0.2) is 9.78 Å². The molecule has 2 aromatic heterocycles. The molecule has 0 N–H and O–H groups in total. The molecule has 146 valence electrons. The minimum absolute atomic E-state index is 0.149. The van der Waals surface area contributed by atoms with Gasteiger partial charge in [0.1, 0.15) is 12.3 Å². The SMILES string of the molecule is Cc1ccn2c(=O)cc(COC(=O)c3ccc(N4C(=O)CCC4=O)cc3)nc2c1. The maximum absolute atomic E-state index is 12.3. The molecule has 29 heavy (non-hydrogen) atoms. The summed E-state index contributed by atoms with van der Waals surface area (Å²) in [6.45, 7) is 1.75. The molecule has 0 saturated carbocycles. The fourth-order valence-electron chi connectivity index (χ4n) is 3.16. The first kappa shape index (κ1) is 18.5. The number of amides is 2. The van der Waals surface area contributed by atoms with Crippen molar-refractivity contribution in [2.75, 3.05) is 4.90 Å². The Bertz CT molecular complexity index is 1180. The molecule has 1 aliphatic rings. The number of imide groups is 1. The monoisotopic (exact) mass is 391 g/mol. The predicted octanol–water partition coefficient (Wildman–Crippen LogP) is 2.01. The van der Waals surface area contributed by atoms with Crippen molar-refractivity contribution in [1.29, 1.82) is 0 Å². The highest BCUT2D eigenvalue weighted by Crippen LogP contribution is 2.23. The zero-order chi connectivity index (χ0) is 20.5. The predicted molar refractivity (Wildman–Crippen MR) is 103 cm³/mol. The lowest BCUT2D eigenvalue weighted by Gasteiger charge is -2.14. The number of benzene rings is 1. The number of anilines is 1. The van der Waals surface area contributed by atoms with Gasteiger partial charge >= 0.3 is 5.97 Å². The van der Waals surface area contributed by atoms with E-state index in [2.05, 4.69) is 4.98 Å². The Hall–Kier alpha value is -3.81. The van der Waals surface area contributed by atoms with Gasteiger partial charge in [0, 0.05) is 25.1 Å². The number of nitrogens with zero attached hydrogens (tertiary/aromatic N) is 3. The van der Waals surface area contributed by atoms with E-state index in [1.807, 2.05) is 13.0 Å². The Balaban J connectivity index is 1.47. The molecule has 0 spiro atoms. The molecule has 1 fully saturated rings. The number of fused-ring (bicyclic) bond motifs is 1. The van der Waals surface area contributed by atoms with Crippen LogP contribution in [0.5, 0.6) is 0 Å². The van der Waals surface area contributed by atoms with Crippen molar-refractivity contribution < 1.29 is 19.1 Å². The number of rotatable bonds is 4. The summed E-state index contributed by atoms with van der Waals surface area (Å²) in [5.74, 6) is -1.11. The first-order valence-corrected chi connectivity index (χ1v) is 9.04. The lowest BCUT2D eigenvalue weighted by Crippen LogP contribution is -2.28. The van der Waals surface area contributed by atoms with Gasteiger partial charge in [-0.05, 0) is 48.9 Å². The van der Waals surface area contributed by atoms with Crippen LogP contribution in [0.2, 0.25) is 0 Å². The third-order valence-corrected chi connectivity index (χ3v) is 4.64. The Morgan fingerprint density at radius 3 is 2.41 bits per heavy atom. The molecule has 2 amide bonds. The van der Waals surface area contributed by atoms with E-state index >= 15 is 0 Å². The number of hydrogen-bond donors (Lipinski definition) is 0. The molecule has 0 radical (unpaired) electrons. The van der Waals surface area contributed by atoms with E-state index in [0.717, 1.165) is 10.5 Å². The second kappa shape index (κ2) is 7.31. The van der Waals surface area contributed by atoms with E-state index in [0.29, 0.717) is 17.0 Å². The molecule has 4 rings (SSSR count). The second-order valence-corrected chi connectivity index (χ2v) is 6.76. The molecule has 0 aliphatic carbocycles. The summed E-state index contributed by atoms with van der Waals surface area (Å²) < 4.78 is 6.67. The first-order valence-electron chi connectivity index (χ1n) is 9.04. The van der Waals surface area contributed by atoms with Gasteiger partial charge in [-0.2, -0.15) is 0 Å². The average Bonchev–Trinajstić information content (AvgIpc) is 3.04. The molecule has 8 nitrogen and oxygen atoms in total. The Kier molecular flexibility index (Phi) is 4.67. The number of pyridine rings is 1. The Morgan fingerprint density at radius 1 is 1.03 bits per heavy atom. The minimum Gasteiger partial charge on any atom is -0.456 e. The number of aromatic nitrogens is 2. The van der Waals surface area contributed by atoms with Crippen LogP contribution in [0.3, 0.4) is 0 Å². The number of aryl methyl sites for hydroxylation is 1. The van der Waals surface area contributed by atoms with Crippen molar-refractivity contribution in [1.82, 2.24) is 9.38 Å². The summed E-state index contributed by atoms with van der Waals surface area (Å²) in [6.07, 6.45) is 2.04. The molecule has 3 heterocycles. The van der Waals surface area contributed by atoms with Crippen molar-refractivity contribution in [3.05, 3.63) is 75.8 Å². The third-order valence-electron chi connectivity index (χ3n) is 4.64. The van der Waals surface area contributed by atoms with Gasteiger partial charge in [0.05, 0.1) is 16.9 Å². The summed E-state index contributed by atoms with van der Waals surface area (Å²) >= 11 is 0. The van der Waals surface area contributed by atoms with Crippen molar-refractivity contribution in [3.8, 4) is 0 Å². The van der Waals surface area contributed by atoms with E-state index in [1.54, 1.807) is 12.3 Å². The normalized spacial score (nSPS) is 13.9. The van der Waals surface area contributed by atoms with Gasteiger partial charge < -0.3 is 4.74 Å². The van der Waals surface area contributed by atoms with Gasteiger partial charge in [-0.3, -0.25) is 23.7 Å². The van der Waals surface area contributed by atoms with Crippen molar-refractivity contribution >= 4 is 29.1 Å². The standard InChI is InChI=1S/C21H17N3O5/c1-13-8-9-23-17(10-13)22-15(11-20(23)27)12-29-21(28)14-2-4-16(5-3-14)24-18(25)6-7-19(24)26/h2-5,8-11H,6-7,12H2,1H3. The fourth-order valence-corrected chi connectivity index (χ4v) is 3.16. The van der Waals surface area contributed by atoms with Crippen molar-refractivity contribution in [2.24, 2.45) is 0 Å². The molecular formula is C21H17N3O5. The topological polar surface area (TPSA) is 98.0 Å². The molecule has 1 saturated heterocycles. The lowest BCUT2D eigenvalue weighted by atomic mass is 10.2. The zero-order valence-electron chi connectivity index (χ0n) is 15.6. The maximum atomic E-state index is 12.3. The largest absolute Gasteiger partial charge is 0.456 e. The van der Waals surface area contributed by atoms with Gasteiger partial charge in [-0.15, -0.1) is 0 Å². The molecule has 0 atom stereocenters. The van der Waals surface area contributed by atoms with Crippen LogP contribution in [0.25, 0.3) is 5.65 Å². The van der Waals surface area contributed by atoms with Gasteiger partial charge in [0.25, 0.3) is 5.56 Å². The van der Waals surface area contributed by atoms with E-state index in [-0.39, 0.29) is 42.4 Å². The molecule has 3 aromatic rings. The highest BCUT2D eigenvalue weighted by Gasteiger charge is 2.30. The number of carbonyl (C=O) groups is 3. The smallest absolute Gasteiger partial charge is 0.338 e. The second-order valence-electron chi connectivity index (χ2n) is 6.76. The van der Waals surface area contributed by atoms with Gasteiger partial charge in [0.15, 0.2) is 0 Å². The van der Waals surface area contributed by atoms with E-state index < -0.39 is 5.97 Å². The van der Waals surface area contributed by atoms with Crippen LogP contribution in [0.4, 0.5) is 5.69 Å². The highest BCUT2D eigenvalue weighted by atomic mass is 16.5. The van der Waals surface area contributed by atoms with Crippen LogP contribution in [-0.4, -0.2) is 27.2 Å². The summed E-state index contributed by atoms with van der Waals surface area (Å²) in [4.78, 5) is 53.5. The molecule has 0 unspecified atom stereocenters. The summed E-state index contributed by atoms with van der Waals surface area (Å²) in [5, 5.41) is 0. The van der Waals surface area contributed by atoms with E-state index in [4.69, 9.17) is 4.74 Å². The number of ether oxygens (including phenoxy) is 1. The van der Waals surface area contributed by atoms with Crippen LogP contribution in [0.1, 0.15) is 34.5 Å². The van der Waals surface area contributed by atoms with Crippen LogP contribution >= 0.6 is 0 Å². The minimum atomic E-state index is -0.595. The number of esters is 1. The van der Waals surface area contributed by atoms with Crippen molar-refractivity contribution in [3.63, 3.8) is 0 Å². The van der Waals surface area contributed by atoms with Crippen LogP contribution < -0.4 is 10.5 Å². The Labute approximate surface area is 165 Å². The third kappa shape index (κ3) is 3.64. The van der Waals surface area contributed by atoms with E-state index in [1.165, 1.54) is 34.7 Å². The van der Waals surface area contributed by atoms with Crippen LogP contribution in [-0.2, 0) is 20.9 Å². The summed E-state index contributed by atoms with van der Waals surface area (Å²) in [7, 11) is 0. The maximum Gasteiger partial charge on any atom is 0.338 e. The van der Waals surface area contributed by atoms with Crippen LogP contribution in [0.15, 0.2) is 53.5 Å². The average molecular weight is 391 g/mol. The van der Waals surface area contributed by atoms with Gasteiger partial charge in [-0.1, -0.05) is 0 Å². The fraction of sp³-hybridized carbons (Fsp3) is 0.190. The molecular weight excluding hydrogens is 374 g/mol. The lowest BCUT2D eigenvalue weighted by molar-refractivity contribution is -0.121. The van der Waals surface area contributed by atoms with E-state index in [9.17, 15) is 19.2 Å². The molecule has 1 aromatic carbocycles. The quantitative estimate of drug-likeness (QED) is 0.498.